The summed E-state index contributed by atoms with van der Waals surface area (Å²) in [5.74, 6) is -0.627. The number of amides is 1. The Bertz CT molecular complexity index is 649. The van der Waals surface area contributed by atoms with E-state index in [9.17, 15) is 9.59 Å². The first-order valence-corrected chi connectivity index (χ1v) is 10.0. The van der Waals surface area contributed by atoms with Crippen LogP contribution in [-0.2, 0) is 23.8 Å². The lowest BCUT2D eigenvalue weighted by atomic mass is 9.85. The minimum Gasteiger partial charge on any atom is -0.463 e. The van der Waals surface area contributed by atoms with Gasteiger partial charge in [-0.1, -0.05) is 11.2 Å². The van der Waals surface area contributed by atoms with Gasteiger partial charge in [-0.2, -0.15) is 0 Å². The van der Waals surface area contributed by atoms with E-state index in [2.05, 4.69) is 20.2 Å². The zero-order valence-electron chi connectivity index (χ0n) is 17.4. The van der Waals surface area contributed by atoms with Gasteiger partial charge in [-0.25, -0.2) is 4.79 Å². The molecule has 0 aromatic rings. The molecule has 4 atom stereocenters. The van der Waals surface area contributed by atoms with Crippen molar-refractivity contribution >= 4 is 11.9 Å². The molecule has 1 amide bonds. The monoisotopic (exact) mass is 409 g/mol. The average Bonchev–Trinajstić information content (AvgIpc) is 2.69. The Kier molecular flexibility index (Phi) is 9.40. The number of ether oxygens (including phenoxy) is 3. The van der Waals surface area contributed by atoms with E-state index in [1.54, 1.807) is 14.0 Å². The van der Waals surface area contributed by atoms with Crippen LogP contribution in [0.3, 0.4) is 0 Å². The molecule has 0 bridgehead atoms. The molecule has 0 spiro atoms. The molecule has 0 saturated carbocycles. The molecular weight excluding hydrogens is 378 g/mol. The normalized spacial score (nSPS) is 27.5. The van der Waals surface area contributed by atoms with E-state index in [1.165, 1.54) is 6.92 Å². The highest BCUT2D eigenvalue weighted by Gasteiger charge is 2.40. The number of hydrogen-bond acceptors (Lipinski definition) is 7. The second-order valence-corrected chi connectivity index (χ2v) is 7.23. The zero-order valence-corrected chi connectivity index (χ0v) is 17.4. The van der Waals surface area contributed by atoms with Gasteiger partial charge in [0, 0.05) is 37.1 Å². The maximum Gasteiger partial charge on any atom is 0.333 e. The summed E-state index contributed by atoms with van der Waals surface area (Å²) in [5, 5.41) is 6.80. The Balaban J connectivity index is 2.27. The number of hydrogen-bond donors (Lipinski definition) is 1. The summed E-state index contributed by atoms with van der Waals surface area (Å²) in [5.41, 5.74) is 9.49. The fraction of sp³-hybridized carbons (Fsp3) is 0.789. The minimum absolute atomic E-state index is 0.0381. The third kappa shape index (κ3) is 6.71. The van der Waals surface area contributed by atoms with Gasteiger partial charge in [-0.3, -0.25) is 9.69 Å². The SMILES string of the molecule is CCOC(=O)C1=C[C@@H](N2CCC[C@H](OCCOC)C2)[C@H](NC(C)=O)C(N=[N+]=[N-])C1. The molecule has 0 aromatic heterocycles. The van der Waals surface area contributed by atoms with Crippen molar-refractivity contribution < 1.29 is 23.8 Å². The van der Waals surface area contributed by atoms with E-state index in [0.29, 0.717) is 25.3 Å². The predicted molar refractivity (Wildman–Crippen MR) is 106 cm³/mol. The largest absolute Gasteiger partial charge is 0.463 e. The summed E-state index contributed by atoms with van der Waals surface area (Å²) in [7, 11) is 1.63. The first-order valence-electron chi connectivity index (χ1n) is 10.0. The van der Waals surface area contributed by atoms with Gasteiger partial charge >= 0.3 is 5.97 Å². The summed E-state index contributed by atoms with van der Waals surface area (Å²) >= 11 is 0. The zero-order chi connectivity index (χ0) is 21.2. The standard InChI is InChI=1S/C19H31N5O5/c1-4-28-19(26)14-10-16(22-23-20)18(21-13(2)25)17(11-14)24-7-5-6-15(12-24)29-9-8-27-3/h11,15-18H,4-10,12H2,1-3H3,(H,21,25)/t15-,16?,17+,18+/m0/s1. The van der Waals surface area contributed by atoms with Gasteiger partial charge in [-0.05, 0) is 38.3 Å². The quantitative estimate of drug-likeness (QED) is 0.202. The number of likely N-dealkylation sites (tertiary alicyclic amines) is 1. The van der Waals surface area contributed by atoms with Crippen LogP contribution in [0.4, 0.5) is 0 Å². The molecule has 162 valence electrons. The summed E-state index contributed by atoms with van der Waals surface area (Å²) in [6, 6.07) is -1.30. The fourth-order valence-corrected chi connectivity index (χ4v) is 3.93. The second kappa shape index (κ2) is 11.8. The number of azide groups is 1. The third-order valence-electron chi connectivity index (χ3n) is 5.16. The van der Waals surface area contributed by atoms with E-state index in [-0.39, 0.29) is 31.1 Å². The lowest BCUT2D eigenvalue weighted by molar-refractivity contribution is -0.138. The summed E-state index contributed by atoms with van der Waals surface area (Å²) < 4.78 is 16.1. The van der Waals surface area contributed by atoms with Gasteiger partial charge in [0.05, 0.1) is 38.0 Å². The van der Waals surface area contributed by atoms with E-state index < -0.39 is 18.1 Å². The molecule has 1 saturated heterocycles. The van der Waals surface area contributed by atoms with Crippen molar-refractivity contribution in [1.29, 1.82) is 0 Å². The lowest BCUT2D eigenvalue weighted by Gasteiger charge is -2.44. The maximum atomic E-state index is 12.4. The number of nitrogens with zero attached hydrogens (tertiary/aromatic N) is 4. The Morgan fingerprint density at radius 2 is 2.21 bits per heavy atom. The summed E-state index contributed by atoms with van der Waals surface area (Å²) in [4.78, 5) is 29.3. The first-order chi connectivity index (χ1) is 14.0. The molecule has 1 heterocycles. The highest BCUT2D eigenvalue weighted by Crippen LogP contribution is 2.29. The molecule has 0 radical (unpaired) electrons. The van der Waals surface area contributed by atoms with Gasteiger partial charge < -0.3 is 19.5 Å². The van der Waals surface area contributed by atoms with Crippen LogP contribution < -0.4 is 5.32 Å². The van der Waals surface area contributed by atoms with Crippen molar-refractivity contribution in [3.63, 3.8) is 0 Å². The Hall–Kier alpha value is -2.13. The molecule has 10 heteroatoms. The van der Waals surface area contributed by atoms with Crippen LogP contribution in [0.2, 0.25) is 0 Å². The van der Waals surface area contributed by atoms with Crippen LogP contribution in [0, 0.1) is 0 Å². The van der Waals surface area contributed by atoms with Crippen LogP contribution in [0.1, 0.15) is 33.1 Å². The van der Waals surface area contributed by atoms with E-state index >= 15 is 0 Å². The van der Waals surface area contributed by atoms with E-state index in [4.69, 9.17) is 19.7 Å². The molecule has 1 aliphatic carbocycles. The predicted octanol–water partition coefficient (Wildman–Crippen LogP) is 1.56. The van der Waals surface area contributed by atoms with Crippen LogP contribution in [-0.4, -0.2) is 81.0 Å². The van der Waals surface area contributed by atoms with E-state index in [1.807, 2.05) is 6.08 Å². The fourth-order valence-electron chi connectivity index (χ4n) is 3.93. The molecule has 29 heavy (non-hydrogen) atoms. The minimum atomic E-state index is -0.576. The second-order valence-electron chi connectivity index (χ2n) is 7.23. The van der Waals surface area contributed by atoms with Crippen molar-refractivity contribution in [3.05, 3.63) is 22.1 Å². The first kappa shape index (κ1) is 23.2. The third-order valence-corrected chi connectivity index (χ3v) is 5.16. The molecule has 0 aromatic carbocycles. The van der Waals surface area contributed by atoms with Crippen LogP contribution in [0.5, 0.6) is 0 Å². The number of rotatable bonds is 9. The van der Waals surface area contributed by atoms with Gasteiger partial charge in [0.15, 0.2) is 0 Å². The smallest absolute Gasteiger partial charge is 0.333 e. The average molecular weight is 409 g/mol. The molecule has 2 aliphatic rings. The van der Waals surface area contributed by atoms with Gasteiger partial charge in [0.1, 0.15) is 0 Å². The Morgan fingerprint density at radius 3 is 2.86 bits per heavy atom. The number of piperidine rings is 1. The van der Waals surface area contributed by atoms with Crippen molar-refractivity contribution in [2.45, 2.75) is 57.3 Å². The maximum absolute atomic E-state index is 12.4. The van der Waals surface area contributed by atoms with Gasteiger partial charge in [0.25, 0.3) is 0 Å². The molecular formula is C19H31N5O5. The van der Waals surface area contributed by atoms with Crippen molar-refractivity contribution in [2.24, 2.45) is 5.11 Å². The molecule has 1 aliphatic heterocycles. The topological polar surface area (TPSA) is 126 Å². The van der Waals surface area contributed by atoms with Gasteiger partial charge in [-0.15, -0.1) is 0 Å². The number of methoxy groups -OCH3 is 1. The van der Waals surface area contributed by atoms with Crippen molar-refractivity contribution in [2.75, 3.05) is 40.0 Å². The highest BCUT2D eigenvalue weighted by molar-refractivity contribution is 5.89. The molecule has 1 N–H and O–H groups in total. The number of esters is 1. The molecule has 1 unspecified atom stereocenters. The van der Waals surface area contributed by atoms with Crippen molar-refractivity contribution in [1.82, 2.24) is 10.2 Å². The van der Waals surface area contributed by atoms with Crippen molar-refractivity contribution in [3.8, 4) is 0 Å². The van der Waals surface area contributed by atoms with Gasteiger partial charge in [0.2, 0.25) is 5.91 Å². The van der Waals surface area contributed by atoms with Crippen LogP contribution >= 0.6 is 0 Å². The van der Waals surface area contributed by atoms with Crippen LogP contribution in [0.15, 0.2) is 16.8 Å². The summed E-state index contributed by atoms with van der Waals surface area (Å²) in [6.45, 7) is 5.93. The van der Waals surface area contributed by atoms with Crippen LogP contribution in [0.25, 0.3) is 10.4 Å². The molecule has 10 nitrogen and oxygen atoms in total. The number of nitrogens with one attached hydrogen (secondary N) is 1. The number of carbonyl (C=O) groups is 2. The Morgan fingerprint density at radius 1 is 1.41 bits per heavy atom. The summed E-state index contributed by atoms with van der Waals surface area (Å²) in [6.07, 6.45) is 3.98. The molecule has 1 fully saturated rings. The Labute approximate surface area is 171 Å². The lowest BCUT2D eigenvalue weighted by Crippen LogP contribution is -2.60. The highest BCUT2D eigenvalue weighted by atomic mass is 16.5. The van der Waals surface area contributed by atoms with E-state index in [0.717, 1.165) is 19.4 Å². The molecule has 2 rings (SSSR count). The number of carbonyl (C=O) groups excluding carboxylic acids is 2.